The van der Waals surface area contributed by atoms with Crippen LogP contribution in [-0.2, 0) is 14.3 Å². The van der Waals surface area contributed by atoms with E-state index in [4.69, 9.17) is 28.6 Å². The summed E-state index contributed by atoms with van der Waals surface area (Å²) in [6.45, 7) is 4.52. The first-order valence-electron chi connectivity index (χ1n) is 9.74. The van der Waals surface area contributed by atoms with Crippen molar-refractivity contribution in [3.8, 4) is 0 Å². The second-order valence-corrected chi connectivity index (χ2v) is 7.78. The Bertz CT molecular complexity index is 949. The van der Waals surface area contributed by atoms with Gasteiger partial charge in [-0.05, 0) is 54.7 Å². The molecular formula is C21H24ClN5O3S. The average molecular weight is 462 g/mol. The Hall–Kier alpha value is -2.72. The van der Waals surface area contributed by atoms with Crippen molar-refractivity contribution in [3.05, 3.63) is 47.5 Å². The Labute approximate surface area is 191 Å². The minimum Gasteiger partial charge on any atom is -0.379 e. The van der Waals surface area contributed by atoms with Gasteiger partial charge in [0.1, 0.15) is 0 Å². The first-order valence-corrected chi connectivity index (χ1v) is 10.5. The van der Waals surface area contributed by atoms with Gasteiger partial charge in [-0.15, -0.1) is 0 Å². The Morgan fingerprint density at radius 2 is 1.55 bits per heavy atom. The number of benzene rings is 2. The zero-order chi connectivity index (χ0) is 22.2. The van der Waals surface area contributed by atoms with Gasteiger partial charge in [-0.25, -0.2) is 0 Å². The molecular weight excluding hydrogens is 438 g/mol. The summed E-state index contributed by atoms with van der Waals surface area (Å²) in [4.78, 5) is 25.4. The lowest BCUT2D eigenvalue weighted by Crippen LogP contribution is -2.41. The van der Waals surface area contributed by atoms with Crippen molar-refractivity contribution in [2.24, 2.45) is 0 Å². The van der Waals surface area contributed by atoms with Crippen LogP contribution in [0.3, 0.4) is 0 Å². The molecule has 164 valence electrons. The van der Waals surface area contributed by atoms with E-state index in [1.165, 1.54) is 6.92 Å². The van der Waals surface area contributed by atoms with Crippen LogP contribution >= 0.6 is 23.8 Å². The van der Waals surface area contributed by atoms with Crippen LogP contribution in [0.15, 0.2) is 42.5 Å². The summed E-state index contributed by atoms with van der Waals surface area (Å²) in [5.41, 5.74) is 2.70. The maximum Gasteiger partial charge on any atom is 0.238 e. The number of anilines is 4. The number of amides is 2. The SMILES string of the molecule is CC(=O)Nc1ccc(NC(=S)Nc2ccc(NC(=O)CN3CCOCC3)c(Cl)c2)cc1. The molecule has 31 heavy (non-hydrogen) atoms. The molecule has 1 aliphatic rings. The zero-order valence-corrected chi connectivity index (χ0v) is 18.6. The first kappa shape index (κ1) is 23.0. The summed E-state index contributed by atoms with van der Waals surface area (Å²) in [5.74, 6) is -0.250. The summed E-state index contributed by atoms with van der Waals surface area (Å²) in [7, 11) is 0. The molecule has 10 heteroatoms. The van der Waals surface area contributed by atoms with Crippen LogP contribution < -0.4 is 21.3 Å². The van der Waals surface area contributed by atoms with E-state index in [0.717, 1.165) is 18.8 Å². The summed E-state index contributed by atoms with van der Waals surface area (Å²) >= 11 is 11.7. The third-order valence-corrected chi connectivity index (χ3v) is 4.95. The fraction of sp³-hybridized carbons (Fsp3) is 0.286. The molecule has 0 aliphatic carbocycles. The number of nitrogens with zero attached hydrogens (tertiary/aromatic N) is 1. The van der Waals surface area contributed by atoms with E-state index in [-0.39, 0.29) is 11.8 Å². The molecule has 1 heterocycles. The second-order valence-electron chi connectivity index (χ2n) is 6.97. The first-order chi connectivity index (χ1) is 14.9. The highest BCUT2D eigenvalue weighted by molar-refractivity contribution is 7.80. The van der Waals surface area contributed by atoms with Crippen LogP contribution in [0.4, 0.5) is 22.7 Å². The molecule has 2 amide bonds. The molecule has 0 radical (unpaired) electrons. The second kappa shape index (κ2) is 11.1. The lowest BCUT2D eigenvalue weighted by molar-refractivity contribution is -0.118. The van der Waals surface area contributed by atoms with E-state index in [1.54, 1.807) is 42.5 Å². The van der Waals surface area contributed by atoms with E-state index in [9.17, 15) is 9.59 Å². The molecule has 1 aliphatic heterocycles. The Morgan fingerprint density at radius 3 is 2.16 bits per heavy atom. The van der Waals surface area contributed by atoms with E-state index < -0.39 is 0 Å². The molecule has 2 aromatic carbocycles. The van der Waals surface area contributed by atoms with Crippen LogP contribution in [0.5, 0.6) is 0 Å². The van der Waals surface area contributed by atoms with Crippen molar-refractivity contribution < 1.29 is 14.3 Å². The fourth-order valence-corrected chi connectivity index (χ4v) is 3.44. The molecule has 4 N–H and O–H groups in total. The molecule has 3 rings (SSSR count). The van der Waals surface area contributed by atoms with Crippen LogP contribution in [0, 0.1) is 0 Å². The number of halogens is 1. The van der Waals surface area contributed by atoms with Gasteiger partial charge in [-0.1, -0.05) is 11.6 Å². The van der Waals surface area contributed by atoms with Crippen molar-refractivity contribution in [2.45, 2.75) is 6.92 Å². The lowest BCUT2D eigenvalue weighted by Gasteiger charge is -2.25. The molecule has 1 saturated heterocycles. The van der Waals surface area contributed by atoms with E-state index in [0.29, 0.717) is 47.0 Å². The molecule has 0 saturated carbocycles. The molecule has 2 aromatic rings. The number of hydrogen-bond donors (Lipinski definition) is 4. The molecule has 0 bridgehead atoms. The van der Waals surface area contributed by atoms with Crippen LogP contribution in [0.25, 0.3) is 0 Å². The van der Waals surface area contributed by atoms with Crippen LogP contribution in [0.2, 0.25) is 5.02 Å². The van der Waals surface area contributed by atoms with Gasteiger partial charge in [0.15, 0.2) is 5.11 Å². The zero-order valence-electron chi connectivity index (χ0n) is 17.0. The van der Waals surface area contributed by atoms with Gasteiger partial charge in [0.05, 0.1) is 30.5 Å². The summed E-state index contributed by atoms with van der Waals surface area (Å²) in [6.07, 6.45) is 0. The highest BCUT2D eigenvalue weighted by Gasteiger charge is 2.15. The topological polar surface area (TPSA) is 94.7 Å². The van der Waals surface area contributed by atoms with Crippen molar-refractivity contribution in [1.29, 1.82) is 0 Å². The third kappa shape index (κ3) is 7.48. The largest absolute Gasteiger partial charge is 0.379 e. The van der Waals surface area contributed by atoms with Gasteiger partial charge in [0, 0.05) is 37.1 Å². The Kier molecular flexibility index (Phi) is 8.19. The van der Waals surface area contributed by atoms with Gasteiger partial charge in [-0.3, -0.25) is 14.5 Å². The fourth-order valence-electron chi connectivity index (χ4n) is 2.98. The summed E-state index contributed by atoms with van der Waals surface area (Å²) < 4.78 is 5.29. The number of carbonyl (C=O) groups excluding carboxylic acids is 2. The monoisotopic (exact) mass is 461 g/mol. The van der Waals surface area contributed by atoms with Crippen molar-refractivity contribution in [3.63, 3.8) is 0 Å². The summed E-state index contributed by atoms with van der Waals surface area (Å²) in [6, 6.07) is 12.4. The predicted molar refractivity (Wildman–Crippen MR) is 128 cm³/mol. The van der Waals surface area contributed by atoms with E-state index in [1.807, 2.05) is 4.90 Å². The number of nitrogens with one attached hydrogen (secondary N) is 4. The van der Waals surface area contributed by atoms with Crippen molar-refractivity contribution in [1.82, 2.24) is 4.90 Å². The number of hydrogen-bond acceptors (Lipinski definition) is 5. The van der Waals surface area contributed by atoms with Gasteiger partial charge in [-0.2, -0.15) is 0 Å². The molecule has 8 nitrogen and oxygen atoms in total. The number of carbonyl (C=O) groups is 2. The van der Waals surface area contributed by atoms with Gasteiger partial charge >= 0.3 is 0 Å². The van der Waals surface area contributed by atoms with Gasteiger partial charge in [0.25, 0.3) is 0 Å². The average Bonchev–Trinajstić information content (AvgIpc) is 2.72. The van der Waals surface area contributed by atoms with Crippen molar-refractivity contribution >= 4 is 63.5 Å². The summed E-state index contributed by atoms with van der Waals surface area (Å²) in [5, 5.41) is 12.4. The van der Waals surface area contributed by atoms with E-state index in [2.05, 4.69) is 21.3 Å². The van der Waals surface area contributed by atoms with Crippen LogP contribution in [-0.4, -0.2) is 54.7 Å². The maximum atomic E-state index is 12.3. The molecule has 0 unspecified atom stereocenters. The normalized spacial score (nSPS) is 13.9. The number of thiocarbonyl (C=S) groups is 1. The molecule has 0 spiro atoms. The molecule has 0 atom stereocenters. The minimum atomic E-state index is -0.129. The standard InChI is InChI=1S/C21H24ClN5O3S/c1-14(28)23-15-2-4-16(5-3-15)24-21(31)25-17-6-7-19(18(22)12-17)26-20(29)13-27-8-10-30-11-9-27/h2-7,12H,8-11,13H2,1H3,(H,23,28)(H,26,29)(H2,24,25,31). The third-order valence-electron chi connectivity index (χ3n) is 4.44. The number of morpholine rings is 1. The predicted octanol–water partition coefficient (Wildman–Crippen LogP) is 3.38. The van der Waals surface area contributed by atoms with Gasteiger partial charge in [0.2, 0.25) is 11.8 Å². The molecule has 0 aromatic heterocycles. The number of ether oxygens (including phenoxy) is 1. The highest BCUT2D eigenvalue weighted by Crippen LogP contribution is 2.26. The maximum absolute atomic E-state index is 12.3. The highest BCUT2D eigenvalue weighted by atomic mass is 35.5. The quantitative estimate of drug-likeness (QED) is 0.490. The lowest BCUT2D eigenvalue weighted by atomic mass is 10.2. The molecule has 1 fully saturated rings. The smallest absolute Gasteiger partial charge is 0.238 e. The number of rotatable bonds is 6. The van der Waals surface area contributed by atoms with E-state index >= 15 is 0 Å². The Morgan fingerprint density at radius 1 is 0.968 bits per heavy atom. The minimum absolute atomic E-state index is 0.121. The van der Waals surface area contributed by atoms with Crippen molar-refractivity contribution in [2.75, 3.05) is 54.1 Å². The van der Waals surface area contributed by atoms with Gasteiger partial charge < -0.3 is 26.0 Å². The van der Waals surface area contributed by atoms with Crippen LogP contribution in [0.1, 0.15) is 6.92 Å². The Balaban J connectivity index is 1.51.